The SMILES string of the molecule is C=CC(=O)OC(C)CCC(=O)Oc1cccc2c(=O)c3ccccc3sc12. The summed E-state index contributed by atoms with van der Waals surface area (Å²) in [4.78, 5) is 36.0. The van der Waals surface area contributed by atoms with Crippen LogP contribution >= 0.6 is 11.3 Å². The van der Waals surface area contributed by atoms with Gasteiger partial charge < -0.3 is 9.47 Å². The Hall–Kier alpha value is -2.99. The lowest BCUT2D eigenvalue weighted by molar-refractivity contribution is -0.144. The Morgan fingerprint density at radius 2 is 1.89 bits per heavy atom. The number of hydrogen-bond acceptors (Lipinski definition) is 6. The minimum atomic E-state index is -0.526. The van der Waals surface area contributed by atoms with E-state index in [1.807, 2.05) is 18.2 Å². The largest absolute Gasteiger partial charge is 0.460 e. The fourth-order valence-electron chi connectivity index (χ4n) is 2.68. The number of rotatable bonds is 6. The van der Waals surface area contributed by atoms with Gasteiger partial charge in [0.15, 0.2) is 5.43 Å². The van der Waals surface area contributed by atoms with E-state index >= 15 is 0 Å². The molecule has 0 saturated heterocycles. The van der Waals surface area contributed by atoms with Gasteiger partial charge in [0, 0.05) is 28.0 Å². The van der Waals surface area contributed by atoms with Gasteiger partial charge in [0.05, 0.1) is 10.8 Å². The maximum absolute atomic E-state index is 12.7. The van der Waals surface area contributed by atoms with Crippen LogP contribution in [0.15, 0.2) is 59.9 Å². The number of ether oxygens (including phenoxy) is 2. The van der Waals surface area contributed by atoms with E-state index < -0.39 is 18.0 Å². The van der Waals surface area contributed by atoms with Crippen molar-refractivity contribution in [3.05, 3.63) is 65.3 Å². The summed E-state index contributed by atoms with van der Waals surface area (Å²) in [5.74, 6) is -0.612. The summed E-state index contributed by atoms with van der Waals surface area (Å²) in [5.41, 5.74) is -0.0813. The molecule has 1 unspecified atom stereocenters. The molecule has 0 amide bonds. The highest BCUT2D eigenvalue weighted by atomic mass is 32.1. The molecule has 1 atom stereocenters. The lowest BCUT2D eigenvalue weighted by Crippen LogP contribution is -2.16. The molecule has 3 rings (SSSR count). The van der Waals surface area contributed by atoms with Gasteiger partial charge >= 0.3 is 11.9 Å². The zero-order valence-electron chi connectivity index (χ0n) is 14.8. The van der Waals surface area contributed by atoms with Gasteiger partial charge in [-0.05, 0) is 37.6 Å². The van der Waals surface area contributed by atoms with Crippen molar-refractivity contribution in [2.24, 2.45) is 0 Å². The minimum absolute atomic E-state index is 0.0813. The zero-order valence-corrected chi connectivity index (χ0v) is 15.6. The molecule has 0 N–H and O–H groups in total. The molecule has 0 radical (unpaired) electrons. The van der Waals surface area contributed by atoms with E-state index in [-0.39, 0.29) is 11.8 Å². The second-order valence-corrected chi connectivity index (χ2v) is 7.08. The molecule has 0 aliphatic rings. The summed E-state index contributed by atoms with van der Waals surface area (Å²) in [6.07, 6.45) is 1.08. The van der Waals surface area contributed by atoms with Crippen molar-refractivity contribution in [2.45, 2.75) is 25.9 Å². The van der Waals surface area contributed by atoms with Crippen LogP contribution in [-0.2, 0) is 14.3 Å². The summed E-state index contributed by atoms with van der Waals surface area (Å²) in [6, 6.07) is 12.5. The highest BCUT2D eigenvalue weighted by Gasteiger charge is 2.15. The normalized spacial score (nSPS) is 11.9. The molecule has 0 aliphatic heterocycles. The van der Waals surface area contributed by atoms with Crippen molar-refractivity contribution < 1.29 is 19.1 Å². The fraction of sp³-hybridized carbons (Fsp3) is 0.190. The molecule has 0 saturated carbocycles. The average molecular weight is 382 g/mol. The molecule has 5 nitrogen and oxygen atoms in total. The number of esters is 2. The Kier molecular flexibility index (Phi) is 5.66. The van der Waals surface area contributed by atoms with E-state index in [0.29, 0.717) is 27.6 Å². The Morgan fingerprint density at radius 3 is 2.67 bits per heavy atom. The van der Waals surface area contributed by atoms with Gasteiger partial charge in [-0.3, -0.25) is 9.59 Å². The zero-order chi connectivity index (χ0) is 19.4. The first kappa shape index (κ1) is 18.8. The second kappa shape index (κ2) is 8.14. The molecule has 0 aliphatic carbocycles. The quantitative estimate of drug-likeness (QED) is 0.276. The monoisotopic (exact) mass is 382 g/mol. The first-order chi connectivity index (χ1) is 13.0. The Labute approximate surface area is 159 Å². The van der Waals surface area contributed by atoms with Crippen molar-refractivity contribution in [3.63, 3.8) is 0 Å². The van der Waals surface area contributed by atoms with Crippen molar-refractivity contribution >= 4 is 43.4 Å². The molecule has 1 aromatic heterocycles. The van der Waals surface area contributed by atoms with Crippen LogP contribution in [0.4, 0.5) is 0 Å². The summed E-state index contributed by atoms with van der Waals surface area (Å²) in [7, 11) is 0. The predicted molar refractivity (Wildman–Crippen MR) is 106 cm³/mol. The molecule has 0 spiro atoms. The van der Waals surface area contributed by atoms with E-state index in [1.54, 1.807) is 31.2 Å². The lowest BCUT2D eigenvalue weighted by atomic mass is 10.2. The van der Waals surface area contributed by atoms with Crippen molar-refractivity contribution in [2.75, 3.05) is 0 Å². The first-order valence-electron chi connectivity index (χ1n) is 8.48. The molecular weight excluding hydrogens is 364 g/mol. The highest BCUT2D eigenvalue weighted by Crippen LogP contribution is 2.32. The lowest BCUT2D eigenvalue weighted by Gasteiger charge is -2.12. The maximum atomic E-state index is 12.7. The van der Waals surface area contributed by atoms with Crippen LogP contribution in [0.25, 0.3) is 20.2 Å². The molecule has 1 heterocycles. The summed E-state index contributed by atoms with van der Waals surface area (Å²) >= 11 is 1.41. The predicted octanol–water partition coefficient (Wildman–Crippen LogP) is 4.22. The van der Waals surface area contributed by atoms with Crippen LogP contribution < -0.4 is 10.2 Å². The van der Waals surface area contributed by atoms with Gasteiger partial charge in [-0.1, -0.05) is 24.8 Å². The van der Waals surface area contributed by atoms with E-state index in [1.165, 1.54) is 11.3 Å². The van der Waals surface area contributed by atoms with Gasteiger partial charge in [0.2, 0.25) is 0 Å². The molecule has 0 bridgehead atoms. The molecule has 27 heavy (non-hydrogen) atoms. The van der Waals surface area contributed by atoms with Crippen LogP contribution in [0.1, 0.15) is 19.8 Å². The smallest absolute Gasteiger partial charge is 0.330 e. The van der Waals surface area contributed by atoms with Crippen molar-refractivity contribution in [1.82, 2.24) is 0 Å². The van der Waals surface area contributed by atoms with Crippen LogP contribution in [0, 0.1) is 0 Å². The van der Waals surface area contributed by atoms with Crippen LogP contribution in [0.2, 0.25) is 0 Å². The number of hydrogen-bond donors (Lipinski definition) is 0. The number of carbonyl (C=O) groups excluding carboxylic acids is 2. The number of fused-ring (bicyclic) bond motifs is 2. The number of carbonyl (C=O) groups is 2. The maximum Gasteiger partial charge on any atom is 0.330 e. The van der Waals surface area contributed by atoms with Crippen LogP contribution in [0.5, 0.6) is 5.75 Å². The van der Waals surface area contributed by atoms with Crippen LogP contribution in [-0.4, -0.2) is 18.0 Å². The average Bonchev–Trinajstić information content (AvgIpc) is 2.67. The van der Waals surface area contributed by atoms with Crippen LogP contribution in [0.3, 0.4) is 0 Å². The van der Waals surface area contributed by atoms with Gasteiger partial charge in [0.1, 0.15) is 5.75 Å². The van der Waals surface area contributed by atoms with E-state index in [4.69, 9.17) is 9.47 Å². The molecule has 0 fully saturated rings. The van der Waals surface area contributed by atoms with Crippen molar-refractivity contribution in [3.8, 4) is 5.75 Å². The summed E-state index contributed by atoms with van der Waals surface area (Å²) < 4.78 is 12.0. The van der Waals surface area contributed by atoms with E-state index in [9.17, 15) is 14.4 Å². The number of benzene rings is 2. The Bertz CT molecular complexity index is 1080. The topological polar surface area (TPSA) is 69.7 Å². The summed E-state index contributed by atoms with van der Waals surface area (Å²) in [5, 5.41) is 1.17. The summed E-state index contributed by atoms with van der Waals surface area (Å²) in [6.45, 7) is 5.03. The third kappa shape index (κ3) is 4.23. The molecule has 3 aromatic rings. The standard InChI is InChI=1S/C21H18O5S/c1-3-18(22)25-13(2)11-12-19(23)26-16-9-6-8-15-20(24)14-7-4-5-10-17(14)27-21(15)16/h3-10,13H,1,11-12H2,2H3. The first-order valence-corrected chi connectivity index (χ1v) is 9.29. The van der Waals surface area contributed by atoms with Gasteiger partial charge in [-0.15, -0.1) is 11.3 Å². The van der Waals surface area contributed by atoms with E-state index in [0.717, 1.165) is 10.8 Å². The minimum Gasteiger partial charge on any atom is -0.460 e. The van der Waals surface area contributed by atoms with Gasteiger partial charge in [-0.2, -0.15) is 0 Å². The fourth-order valence-corrected chi connectivity index (χ4v) is 3.80. The third-order valence-electron chi connectivity index (χ3n) is 4.03. The van der Waals surface area contributed by atoms with Gasteiger partial charge in [0.25, 0.3) is 0 Å². The van der Waals surface area contributed by atoms with E-state index in [2.05, 4.69) is 6.58 Å². The Morgan fingerprint density at radius 1 is 1.15 bits per heavy atom. The molecule has 6 heteroatoms. The molecular formula is C21H18O5S. The highest BCUT2D eigenvalue weighted by molar-refractivity contribution is 7.24. The Balaban J connectivity index is 1.81. The third-order valence-corrected chi connectivity index (χ3v) is 5.23. The molecule has 138 valence electrons. The second-order valence-electron chi connectivity index (χ2n) is 6.02. The molecule has 2 aromatic carbocycles. The van der Waals surface area contributed by atoms with Crippen molar-refractivity contribution in [1.29, 1.82) is 0 Å². The van der Waals surface area contributed by atoms with Gasteiger partial charge in [-0.25, -0.2) is 4.79 Å².